The largest absolute Gasteiger partial charge is 0.507 e. The van der Waals surface area contributed by atoms with Gasteiger partial charge in [-0.3, -0.25) is 9.59 Å². The minimum atomic E-state index is -0.299. The van der Waals surface area contributed by atoms with Crippen molar-refractivity contribution in [1.29, 1.82) is 0 Å². The Morgan fingerprint density at radius 1 is 1.09 bits per heavy atom. The molecular formula is C18H17NO3. The summed E-state index contributed by atoms with van der Waals surface area (Å²) >= 11 is 0. The number of nitrogens with one attached hydrogen (secondary N) is 1. The van der Waals surface area contributed by atoms with Gasteiger partial charge in [0.1, 0.15) is 5.75 Å². The van der Waals surface area contributed by atoms with E-state index < -0.39 is 0 Å². The molecule has 0 unspecified atom stereocenters. The fourth-order valence-corrected chi connectivity index (χ4v) is 1.96. The molecule has 0 aliphatic heterocycles. The number of phenols is 1. The first-order valence-corrected chi connectivity index (χ1v) is 6.85. The first-order chi connectivity index (χ1) is 10.5. The predicted molar refractivity (Wildman–Crippen MR) is 87.0 cm³/mol. The second kappa shape index (κ2) is 6.72. The Balaban J connectivity index is 2.15. The molecule has 2 rings (SSSR count). The van der Waals surface area contributed by atoms with Crippen molar-refractivity contribution in [3.8, 4) is 5.75 Å². The van der Waals surface area contributed by atoms with Gasteiger partial charge in [0.25, 0.3) is 0 Å². The molecule has 2 aromatic carbocycles. The Hall–Kier alpha value is -2.88. The molecule has 2 N–H and O–H groups in total. The number of anilines is 1. The molecule has 112 valence electrons. The molecule has 0 aromatic heterocycles. The van der Waals surface area contributed by atoms with E-state index >= 15 is 0 Å². The van der Waals surface area contributed by atoms with Crippen LogP contribution in [0.1, 0.15) is 28.4 Å². The van der Waals surface area contributed by atoms with Crippen LogP contribution in [0, 0.1) is 6.92 Å². The molecule has 2 aromatic rings. The molecule has 4 nitrogen and oxygen atoms in total. The molecule has 4 heteroatoms. The smallest absolute Gasteiger partial charge is 0.221 e. The lowest BCUT2D eigenvalue weighted by atomic mass is 10.1. The van der Waals surface area contributed by atoms with Gasteiger partial charge in [-0.1, -0.05) is 35.9 Å². The number of rotatable bonds is 4. The van der Waals surface area contributed by atoms with Gasteiger partial charge in [0.15, 0.2) is 5.78 Å². The van der Waals surface area contributed by atoms with E-state index in [0.717, 1.165) is 11.1 Å². The molecule has 0 bridgehead atoms. The molecule has 1 amide bonds. The lowest BCUT2D eigenvalue weighted by Gasteiger charge is -2.05. The standard InChI is InChI=1S/C18H17NO3/c1-12-3-5-14(6-4-12)7-10-17(21)16-9-8-15(11-18(16)22)19-13(2)20/h3-11,22H,1-2H3,(H,19,20). The minimum absolute atomic E-state index is 0.162. The van der Waals surface area contributed by atoms with E-state index in [0.29, 0.717) is 5.69 Å². The first kappa shape index (κ1) is 15.5. The normalized spacial score (nSPS) is 10.6. The number of phenolic OH excluding ortho intramolecular Hbond substituents is 1. The van der Waals surface area contributed by atoms with E-state index in [-0.39, 0.29) is 23.0 Å². The Bertz CT molecular complexity index is 730. The fourth-order valence-electron chi connectivity index (χ4n) is 1.96. The van der Waals surface area contributed by atoms with E-state index in [2.05, 4.69) is 5.32 Å². The van der Waals surface area contributed by atoms with Crippen LogP contribution in [0.25, 0.3) is 6.08 Å². The third-order valence-electron chi connectivity index (χ3n) is 3.09. The highest BCUT2D eigenvalue weighted by Gasteiger charge is 2.09. The van der Waals surface area contributed by atoms with Crippen molar-refractivity contribution in [1.82, 2.24) is 0 Å². The van der Waals surface area contributed by atoms with Gasteiger partial charge >= 0.3 is 0 Å². The van der Waals surface area contributed by atoms with Gasteiger partial charge in [0.05, 0.1) is 5.56 Å². The van der Waals surface area contributed by atoms with Crippen LogP contribution in [0.15, 0.2) is 48.5 Å². The lowest BCUT2D eigenvalue weighted by Crippen LogP contribution is -2.06. The van der Waals surface area contributed by atoms with E-state index in [1.165, 1.54) is 25.1 Å². The summed E-state index contributed by atoms with van der Waals surface area (Å²) in [7, 11) is 0. The van der Waals surface area contributed by atoms with Crippen molar-refractivity contribution in [3.05, 3.63) is 65.2 Å². The number of aryl methyl sites for hydroxylation is 1. The lowest BCUT2D eigenvalue weighted by molar-refractivity contribution is -0.114. The van der Waals surface area contributed by atoms with E-state index in [1.807, 2.05) is 31.2 Å². The topological polar surface area (TPSA) is 66.4 Å². The number of aromatic hydroxyl groups is 1. The SMILES string of the molecule is CC(=O)Nc1ccc(C(=O)C=Cc2ccc(C)cc2)c(O)c1. The average molecular weight is 295 g/mol. The molecule has 0 aliphatic carbocycles. The van der Waals surface area contributed by atoms with Crippen LogP contribution in [0.5, 0.6) is 5.75 Å². The van der Waals surface area contributed by atoms with Crippen LogP contribution >= 0.6 is 0 Å². The monoisotopic (exact) mass is 295 g/mol. The molecule has 22 heavy (non-hydrogen) atoms. The number of hydrogen-bond donors (Lipinski definition) is 2. The van der Waals surface area contributed by atoms with Crippen LogP contribution in [0.2, 0.25) is 0 Å². The number of benzene rings is 2. The van der Waals surface area contributed by atoms with E-state index in [9.17, 15) is 14.7 Å². The van der Waals surface area contributed by atoms with Gasteiger partial charge in [0, 0.05) is 18.7 Å². The zero-order valence-corrected chi connectivity index (χ0v) is 12.5. The highest BCUT2D eigenvalue weighted by atomic mass is 16.3. The Kier molecular flexibility index (Phi) is 4.73. The molecule has 0 heterocycles. The minimum Gasteiger partial charge on any atom is -0.507 e. The third kappa shape index (κ3) is 4.06. The van der Waals surface area contributed by atoms with Crippen LogP contribution in [-0.4, -0.2) is 16.8 Å². The van der Waals surface area contributed by atoms with E-state index in [1.54, 1.807) is 12.1 Å². The summed E-state index contributed by atoms with van der Waals surface area (Å²) < 4.78 is 0. The quantitative estimate of drug-likeness (QED) is 0.669. The molecule has 0 saturated heterocycles. The second-order valence-electron chi connectivity index (χ2n) is 5.02. The van der Waals surface area contributed by atoms with Crippen molar-refractivity contribution in [2.75, 3.05) is 5.32 Å². The zero-order chi connectivity index (χ0) is 16.1. The third-order valence-corrected chi connectivity index (χ3v) is 3.09. The van der Waals surface area contributed by atoms with Gasteiger partial charge in [-0.05, 0) is 30.7 Å². The summed E-state index contributed by atoms with van der Waals surface area (Å²) in [5.41, 5.74) is 2.70. The van der Waals surface area contributed by atoms with Crippen molar-refractivity contribution < 1.29 is 14.7 Å². The number of amides is 1. The molecule has 0 spiro atoms. The van der Waals surface area contributed by atoms with Gasteiger partial charge in [-0.25, -0.2) is 0 Å². The van der Waals surface area contributed by atoms with Crippen LogP contribution in [0.3, 0.4) is 0 Å². The van der Waals surface area contributed by atoms with Crippen molar-refractivity contribution in [2.24, 2.45) is 0 Å². The first-order valence-electron chi connectivity index (χ1n) is 6.85. The summed E-state index contributed by atoms with van der Waals surface area (Å²) in [6.07, 6.45) is 3.11. The summed E-state index contributed by atoms with van der Waals surface area (Å²) in [4.78, 5) is 23.1. The highest BCUT2D eigenvalue weighted by Crippen LogP contribution is 2.23. The van der Waals surface area contributed by atoms with Crippen LogP contribution in [-0.2, 0) is 4.79 Å². The summed E-state index contributed by atoms with van der Waals surface area (Å²) in [6.45, 7) is 3.37. The maximum Gasteiger partial charge on any atom is 0.221 e. The molecule has 0 radical (unpaired) electrons. The molecule has 0 saturated carbocycles. The maximum absolute atomic E-state index is 12.1. The van der Waals surface area contributed by atoms with Crippen molar-refractivity contribution in [2.45, 2.75) is 13.8 Å². The van der Waals surface area contributed by atoms with Crippen molar-refractivity contribution in [3.63, 3.8) is 0 Å². The molecular weight excluding hydrogens is 278 g/mol. The average Bonchev–Trinajstić information content (AvgIpc) is 2.46. The number of allylic oxidation sites excluding steroid dienone is 1. The highest BCUT2D eigenvalue weighted by molar-refractivity contribution is 6.09. The van der Waals surface area contributed by atoms with Crippen LogP contribution < -0.4 is 5.32 Å². The summed E-state index contributed by atoms with van der Waals surface area (Å²) in [5, 5.41) is 12.4. The zero-order valence-electron chi connectivity index (χ0n) is 12.5. The Morgan fingerprint density at radius 3 is 2.36 bits per heavy atom. The van der Waals surface area contributed by atoms with Crippen LogP contribution in [0.4, 0.5) is 5.69 Å². The Morgan fingerprint density at radius 2 is 1.77 bits per heavy atom. The van der Waals surface area contributed by atoms with Gasteiger partial charge < -0.3 is 10.4 Å². The number of ketones is 1. The van der Waals surface area contributed by atoms with Gasteiger partial charge in [-0.2, -0.15) is 0 Å². The molecule has 0 aliphatic rings. The number of hydrogen-bond acceptors (Lipinski definition) is 3. The molecule has 0 atom stereocenters. The fraction of sp³-hybridized carbons (Fsp3) is 0.111. The Labute approximate surface area is 129 Å². The maximum atomic E-state index is 12.1. The van der Waals surface area contributed by atoms with E-state index in [4.69, 9.17) is 0 Å². The summed E-state index contributed by atoms with van der Waals surface area (Å²) in [6, 6.07) is 12.2. The second-order valence-corrected chi connectivity index (χ2v) is 5.02. The van der Waals surface area contributed by atoms with Crippen molar-refractivity contribution >= 4 is 23.5 Å². The number of carbonyl (C=O) groups is 2. The summed E-state index contributed by atoms with van der Waals surface area (Å²) in [5.74, 6) is -0.699. The number of carbonyl (C=O) groups excluding carboxylic acids is 2. The predicted octanol–water partition coefficient (Wildman–Crippen LogP) is 3.56. The molecule has 0 fully saturated rings. The van der Waals surface area contributed by atoms with Gasteiger partial charge in [-0.15, -0.1) is 0 Å². The van der Waals surface area contributed by atoms with Gasteiger partial charge in [0.2, 0.25) is 5.91 Å².